The quantitative estimate of drug-likeness (QED) is 0.470. The summed E-state index contributed by atoms with van der Waals surface area (Å²) in [5.41, 5.74) is 0. The van der Waals surface area contributed by atoms with Crippen molar-refractivity contribution in [1.29, 1.82) is 0 Å². The summed E-state index contributed by atoms with van der Waals surface area (Å²) in [6, 6.07) is -0.404. The predicted molar refractivity (Wildman–Crippen MR) is 56.1 cm³/mol. The van der Waals surface area contributed by atoms with Gasteiger partial charge in [-0.25, -0.2) is 17.9 Å². The molecule has 8 heteroatoms. The zero-order valence-corrected chi connectivity index (χ0v) is 9.69. The number of urea groups is 1. The lowest BCUT2D eigenvalue weighted by Crippen LogP contribution is -2.40. The lowest BCUT2D eigenvalue weighted by molar-refractivity contribution is 0.196. The Bertz CT molecular complexity index is 278. The minimum atomic E-state index is -3.26. The summed E-state index contributed by atoms with van der Waals surface area (Å²) in [4.78, 5) is 11.0. The number of carbonyl (C=O) groups excluding carboxylic acids is 1. The molecule has 7 nitrogen and oxygen atoms in total. The number of ether oxygens (including phenoxy) is 1. The molecule has 2 amide bonds. The maximum atomic E-state index is 11.0. The molecule has 0 saturated heterocycles. The Balaban J connectivity index is 3.55. The van der Waals surface area contributed by atoms with Gasteiger partial charge in [-0.15, -0.1) is 0 Å². The van der Waals surface area contributed by atoms with Crippen molar-refractivity contribution in [3.05, 3.63) is 0 Å². The Labute approximate surface area is 89.6 Å². The fourth-order valence-electron chi connectivity index (χ4n) is 0.730. The number of sulfonamides is 1. The van der Waals surface area contributed by atoms with Gasteiger partial charge in [-0.05, 0) is 7.05 Å². The van der Waals surface area contributed by atoms with E-state index in [0.29, 0.717) is 13.2 Å². The molecule has 0 bridgehead atoms. The van der Waals surface area contributed by atoms with Gasteiger partial charge in [-0.1, -0.05) is 0 Å². The van der Waals surface area contributed by atoms with E-state index in [-0.39, 0.29) is 12.3 Å². The molecule has 0 aliphatic heterocycles. The topological polar surface area (TPSA) is 96.5 Å². The van der Waals surface area contributed by atoms with Gasteiger partial charge in [0.05, 0.1) is 12.4 Å². The summed E-state index contributed by atoms with van der Waals surface area (Å²) in [6.45, 7) is 0.880. The van der Waals surface area contributed by atoms with Gasteiger partial charge in [0.2, 0.25) is 10.0 Å². The highest BCUT2D eigenvalue weighted by atomic mass is 32.2. The molecule has 0 heterocycles. The van der Waals surface area contributed by atoms with Gasteiger partial charge in [0, 0.05) is 20.2 Å². The third-order valence-corrected chi connectivity index (χ3v) is 2.92. The van der Waals surface area contributed by atoms with E-state index in [2.05, 4.69) is 15.4 Å². The lowest BCUT2D eigenvalue weighted by Gasteiger charge is -2.06. The molecule has 3 N–H and O–H groups in total. The second-order valence-electron chi connectivity index (χ2n) is 2.70. The van der Waals surface area contributed by atoms with E-state index in [1.165, 1.54) is 14.2 Å². The number of hydrogen-bond acceptors (Lipinski definition) is 4. The summed E-state index contributed by atoms with van der Waals surface area (Å²) in [6.07, 6.45) is 0. The second kappa shape index (κ2) is 7.43. The largest absolute Gasteiger partial charge is 0.383 e. The molecule has 0 radical (unpaired) electrons. The van der Waals surface area contributed by atoms with Crippen LogP contribution >= 0.6 is 0 Å². The normalized spacial score (nSPS) is 11.1. The summed E-state index contributed by atoms with van der Waals surface area (Å²) < 4.78 is 28.7. The molecule has 0 atom stereocenters. The molecule has 0 aromatic carbocycles. The van der Waals surface area contributed by atoms with E-state index >= 15 is 0 Å². The van der Waals surface area contributed by atoms with Crippen molar-refractivity contribution in [1.82, 2.24) is 15.4 Å². The monoisotopic (exact) mass is 239 g/mol. The highest BCUT2D eigenvalue weighted by Gasteiger charge is 2.07. The van der Waals surface area contributed by atoms with Crippen LogP contribution in [0.1, 0.15) is 0 Å². The lowest BCUT2D eigenvalue weighted by atomic mass is 10.6. The van der Waals surface area contributed by atoms with E-state index in [4.69, 9.17) is 4.74 Å². The Kier molecular flexibility index (Phi) is 7.01. The van der Waals surface area contributed by atoms with Crippen LogP contribution in [0.3, 0.4) is 0 Å². The zero-order valence-electron chi connectivity index (χ0n) is 8.87. The van der Waals surface area contributed by atoms with Gasteiger partial charge >= 0.3 is 6.03 Å². The van der Waals surface area contributed by atoms with Crippen LogP contribution in [0.15, 0.2) is 0 Å². The van der Waals surface area contributed by atoms with Gasteiger partial charge in [-0.3, -0.25) is 0 Å². The van der Waals surface area contributed by atoms with Gasteiger partial charge in [0.15, 0.2) is 0 Å². The first-order chi connectivity index (χ1) is 7.02. The molecule has 0 fully saturated rings. The van der Waals surface area contributed by atoms with Crippen LogP contribution in [0.25, 0.3) is 0 Å². The van der Waals surface area contributed by atoms with Crippen LogP contribution in [0.5, 0.6) is 0 Å². The van der Waals surface area contributed by atoms with Crippen LogP contribution in [-0.4, -0.2) is 54.1 Å². The number of hydrogen-bond donors (Lipinski definition) is 3. The molecule has 0 unspecified atom stereocenters. The average Bonchev–Trinajstić information content (AvgIpc) is 2.18. The van der Waals surface area contributed by atoms with Crippen LogP contribution in [0, 0.1) is 0 Å². The summed E-state index contributed by atoms with van der Waals surface area (Å²) >= 11 is 0. The van der Waals surface area contributed by atoms with Crippen molar-refractivity contribution < 1.29 is 17.9 Å². The number of nitrogens with one attached hydrogen (secondary N) is 3. The highest BCUT2D eigenvalue weighted by Crippen LogP contribution is 1.79. The summed E-state index contributed by atoms with van der Waals surface area (Å²) in [5.74, 6) is -0.138. The van der Waals surface area contributed by atoms with Gasteiger partial charge in [-0.2, -0.15) is 0 Å². The molecule has 0 aliphatic rings. The fraction of sp³-hybridized carbons (Fsp3) is 0.857. The van der Waals surface area contributed by atoms with E-state index < -0.39 is 16.1 Å². The zero-order chi connectivity index (χ0) is 11.7. The molecule has 0 aromatic heterocycles. The van der Waals surface area contributed by atoms with E-state index in [1.54, 1.807) is 0 Å². The van der Waals surface area contributed by atoms with Crippen molar-refractivity contribution >= 4 is 16.1 Å². The molecule has 0 rings (SSSR count). The highest BCUT2D eigenvalue weighted by molar-refractivity contribution is 7.89. The second-order valence-corrected chi connectivity index (χ2v) is 4.74. The minimum absolute atomic E-state index is 0.0714. The summed E-state index contributed by atoms with van der Waals surface area (Å²) in [7, 11) is -0.403. The van der Waals surface area contributed by atoms with E-state index in [1.807, 2.05) is 0 Å². The van der Waals surface area contributed by atoms with E-state index in [0.717, 1.165) is 0 Å². The Morgan fingerprint density at radius 2 is 1.87 bits per heavy atom. The standard InChI is InChI=1S/C7H17N3O4S/c1-8-15(12,13)6-4-10-7(11)9-3-5-14-2/h8H,3-6H2,1-2H3,(H2,9,10,11). The third kappa shape index (κ3) is 8.16. The molecule has 90 valence electrons. The van der Waals surface area contributed by atoms with E-state index in [9.17, 15) is 13.2 Å². The first-order valence-corrected chi connectivity index (χ1v) is 6.09. The number of methoxy groups -OCH3 is 1. The Morgan fingerprint density at radius 3 is 2.40 bits per heavy atom. The summed E-state index contributed by atoms with van der Waals surface area (Å²) in [5, 5.41) is 4.90. The first kappa shape index (κ1) is 14.1. The molecule has 0 spiro atoms. The molecule has 15 heavy (non-hydrogen) atoms. The molecular formula is C7H17N3O4S. The van der Waals surface area contributed by atoms with Crippen molar-refractivity contribution in [2.75, 3.05) is 39.6 Å². The first-order valence-electron chi connectivity index (χ1n) is 4.43. The van der Waals surface area contributed by atoms with Crippen molar-refractivity contribution in [3.63, 3.8) is 0 Å². The van der Waals surface area contributed by atoms with Crippen molar-refractivity contribution in [2.24, 2.45) is 0 Å². The molecular weight excluding hydrogens is 222 g/mol. The van der Waals surface area contributed by atoms with Gasteiger partial charge in [0.1, 0.15) is 0 Å². The third-order valence-electron chi connectivity index (χ3n) is 1.56. The van der Waals surface area contributed by atoms with Crippen LogP contribution < -0.4 is 15.4 Å². The number of carbonyl (C=O) groups is 1. The number of rotatable bonds is 7. The average molecular weight is 239 g/mol. The van der Waals surface area contributed by atoms with Crippen LogP contribution in [-0.2, 0) is 14.8 Å². The Hall–Kier alpha value is -0.860. The number of amides is 2. The van der Waals surface area contributed by atoms with Crippen LogP contribution in [0.2, 0.25) is 0 Å². The maximum absolute atomic E-state index is 11.0. The van der Waals surface area contributed by atoms with Crippen LogP contribution in [0.4, 0.5) is 4.79 Å². The van der Waals surface area contributed by atoms with Gasteiger partial charge < -0.3 is 15.4 Å². The predicted octanol–water partition coefficient (Wildman–Crippen LogP) is -1.52. The Morgan fingerprint density at radius 1 is 1.27 bits per heavy atom. The molecule has 0 aliphatic carbocycles. The minimum Gasteiger partial charge on any atom is -0.383 e. The molecule has 0 saturated carbocycles. The van der Waals surface area contributed by atoms with Gasteiger partial charge in [0.25, 0.3) is 0 Å². The van der Waals surface area contributed by atoms with Crippen molar-refractivity contribution in [2.45, 2.75) is 0 Å². The van der Waals surface area contributed by atoms with Crippen molar-refractivity contribution in [3.8, 4) is 0 Å². The SMILES string of the molecule is CNS(=O)(=O)CCNC(=O)NCCOC. The smallest absolute Gasteiger partial charge is 0.314 e. The fourth-order valence-corrected chi connectivity index (χ4v) is 1.31. The molecule has 0 aromatic rings. The maximum Gasteiger partial charge on any atom is 0.314 e.